The number of alkyl halides is 6. The Bertz CT molecular complexity index is 1240. The van der Waals surface area contributed by atoms with Crippen LogP contribution in [0.2, 0.25) is 20.1 Å². The lowest BCUT2D eigenvalue weighted by Gasteiger charge is -2.40. The van der Waals surface area contributed by atoms with Gasteiger partial charge >= 0.3 is 12.4 Å². The quantitative estimate of drug-likeness (QED) is 0.243. The van der Waals surface area contributed by atoms with E-state index in [1.165, 1.54) is 18.2 Å². The molecule has 1 fully saturated rings. The number of amides is 2. The Hall–Kier alpha value is -2.14. The van der Waals surface area contributed by atoms with Gasteiger partial charge in [0.05, 0.1) is 31.6 Å². The summed E-state index contributed by atoms with van der Waals surface area (Å²) >= 11 is 23.8. The van der Waals surface area contributed by atoms with Crippen molar-refractivity contribution in [1.82, 2.24) is 10.6 Å². The number of nitrogens with one attached hydrogen (secondary N) is 2. The highest BCUT2D eigenvalue weighted by Gasteiger charge is 2.46. The van der Waals surface area contributed by atoms with Crippen LogP contribution in [0.1, 0.15) is 46.7 Å². The van der Waals surface area contributed by atoms with E-state index < -0.39 is 42.2 Å². The summed E-state index contributed by atoms with van der Waals surface area (Å²) in [7, 11) is 0. The Morgan fingerprint density at radius 1 is 0.947 bits per heavy atom. The summed E-state index contributed by atoms with van der Waals surface area (Å²) in [6.07, 6.45) is -6.53. The Kier molecular flexibility index (Phi) is 9.23. The predicted molar refractivity (Wildman–Crippen MR) is 134 cm³/mol. The van der Waals surface area contributed by atoms with Crippen LogP contribution in [0.15, 0.2) is 36.4 Å². The van der Waals surface area contributed by atoms with Gasteiger partial charge in [0.25, 0.3) is 5.91 Å². The molecule has 2 amide bonds. The van der Waals surface area contributed by atoms with Gasteiger partial charge in [-0.1, -0.05) is 64.6 Å². The van der Waals surface area contributed by atoms with Gasteiger partial charge in [0.2, 0.25) is 5.91 Å². The molecular formula is C24H18Cl4F6N2O2. The second-order valence-corrected chi connectivity index (χ2v) is 10.2. The second kappa shape index (κ2) is 11.5. The van der Waals surface area contributed by atoms with Crippen molar-refractivity contribution >= 4 is 64.3 Å². The van der Waals surface area contributed by atoms with Gasteiger partial charge in [0, 0.05) is 0 Å². The lowest BCUT2D eigenvalue weighted by Crippen LogP contribution is -2.63. The van der Waals surface area contributed by atoms with E-state index in [0.717, 1.165) is 24.3 Å². The molecular weight excluding hydrogens is 604 g/mol. The van der Waals surface area contributed by atoms with Crippen molar-refractivity contribution in [3.63, 3.8) is 0 Å². The largest absolute Gasteiger partial charge is 0.405 e. The van der Waals surface area contributed by atoms with Crippen LogP contribution < -0.4 is 10.6 Å². The monoisotopic (exact) mass is 620 g/mol. The minimum absolute atomic E-state index is 0.0795. The Balaban J connectivity index is 1.78. The van der Waals surface area contributed by atoms with Crippen molar-refractivity contribution in [1.29, 1.82) is 0 Å². The number of halogens is 10. The number of allylic oxidation sites excluding steroid dienone is 1. The van der Waals surface area contributed by atoms with Crippen molar-refractivity contribution in [2.75, 3.05) is 6.54 Å². The predicted octanol–water partition coefficient (Wildman–Crippen LogP) is 7.99. The molecule has 1 aliphatic carbocycles. The topological polar surface area (TPSA) is 58.2 Å². The van der Waals surface area contributed by atoms with Crippen molar-refractivity contribution in [3.8, 4) is 0 Å². The number of carbonyl (C=O) groups is 2. The Morgan fingerprint density at radius 2 is 1.55 bits per heavy atom. The van der Waals surface area contributed by atoms with Gasteiger partial charge < -0.3 is 10.6 Å². The van der Waals surface area contributed by atoms with Gasteiger partial charge in [-0.05, 0) is 54.7 Å². The third kappa shape index (κ3) is 7.28. The summed E-state index contributed by atoms with van der Waals surface area (Å²) in [4.78, 5) is 25.1. The van der Waals surface area contributed by atoms with E-state index >= 15 is 0 Å². The first kappa shape index (κ1) is 30.4. The molecule has 38 heavy (non-hydrogen) atoms. The van der Waals surface area contributed by atoms with Gasteiger partial charge in [-0.2, -0.15) is 26.3 Å². The third-order valence-electron chi connectivity index (χ3n) is 5.88. The molecule has 3 rings (SSSR count). The first-order valence-corrected chi connectivity index (χ1v) is 12.4. The zero-order valence-electron chi connectivity index (χ0n) is 19.0. The van der Waals surface area contributed by atoms with E-state index in [1.807, 2.05) is 0 Å². The highest BCUT2D eigenvalue weighted by Crippen LogP contribution is 2.41. The standard InChI is InChI=1S/C24H18Cl4F6N2O2/c25-16-8-12(3-5-15(24(32,33)34)13-9-17(26)19(28)18(27)10-13)2-4-14(16)20(37)36-22(6-1-7-22)21(38)35-11-23(29,30)31/h2-5,8-10,15H,1,6-7,11H2,(H,35,38)(H,36,37)/b5-3+. The molecule has 206 valence electrons. The molecule has 1 unspecified atom stereocenters. The molecule has 1 aliphatic rings. The molecule has 1 saturated carbocycles. The number of carbonyl (C=O) groups excluding carboxylic acids is 2. The van der Waals surface area contributed by atoms with E-state index in [9.17, 15) is 35.9 Å². The average molecular weight is 622 g/mol. The molecule has 0 spiro atoms. The van der Waals surface area contributed by atoms with E-state index in [2.05, 4.69) is 5.32 Å². The lowest BCUT2D eigenvalue weighted by atomic mass is 9.75. The van der Waals surface area contributed by atoms with E-state index in [0.29, 0.717) is 6.42 Å². The highest BCUT2D eigenvalue weighted by molar-refractivity contribution is 6.48. The van der Waals surface area contributed by atoms with Gasteiger partial charge in [-0.15, -0.1) is 0 Å². The summed E-state index contributed by atoms with van der Waals surface area (Å²) < 4.78 is 78.7. The van der Waals surface area contributed by atoms with Crippen molar-refractivity contribution < 1.29 is 35.9 Å². The fourth-order valence-corrected chi connectivity index (χ4v) is 4.65. The number of hydrogen-bond acceptors (Lipinski definition) is 2. The summed E-state index contributed by atoms with van der Waals surface area (Å²) in [6.45, 7) is -1.54. The van der Waals surface area contributed by atoms with Crippen molar-refractivity contribution in [3.05, 3.63) is 73.2 Å². The Labute approximate surface area is 233 Å². The number of rotatable bonds is 7. The van der Waals surface area contributed by atoms with Gasteiger partial charge in [-0.25, -0.2) is 0 Å². The molecule has 0 heterocycles. The Morgan fingerprint density at radius 3 is 2.03 bits per heavy atom. The maximum Gasteiger partial charge on any atom is 0.405 e. The van der Waals surface area contributed by atoms with E-state index in [-0.39, 0.29) is 49.6 Å². The van der Waals surface area contributed by atoms with Crippen LogP contribution in [-0.2, 0) is 4.79 Å². The maximum atomic E-state index is 13.8. The van der Waals surface area contributed by atoms with Gasteiger partial charge in [-0.3, -0.25) is 9.59 Å². The molecule has 2 aromatic carbocycles. The normalized spacial score (nSPS) is 16.2. The molecule has 14 heteroatoms. The van der Waals surface area contributed by atoms with Crippen molar-refractivity contribution in [2.24, 2.45) is 0 Å². The van der Waals surface area contributed by atoms with Crippen molar-refractivity contribution in [2.45, 2.75) is 43.1 Å². The average Bonchev–Trinajstić information content (AvgIpc) is 2.76. The van der Waals surface area contributed by atoms with E-state index in [4.69, 9.17) is 46.4 Å². The van der Waals surface area contributed by atoms with Crippen LogP contribution >= 0.6 is 46.4 Å². The van der Waals surface area contributed by atoms with Crippen LogP contribution in [-0.4, -0.2) is 36.3 Å². The second-order valence-electron chi connectivity index (χ2n) is 8.60. The maximum absolute atomic E-state index is 13.8. The molecule has 0 aromatic heterocycles. The van der Waals surface area contributed by atoms with Crippen LogP contribution in [0.3, 0.4) is 0 Å². The molecule has 1 atom stereocenters. The number of benzene rings is 2. The van der Waals surface area contributed by atoms with Gasteiger partial charge in [0.1, 0.15) is 12.1 Å². The fraction of sp³-hybridized carbons (Fsp3) is 0.333. The minimum atomic E-state index is -4.70. The minimum Gasteiger partial charge on any atom is -0.345 e. The SMILES string of the molecule is O=C(NC1(C(=O)NCC(F)(F)F)CCC1)c1ccc(/C=C/C(c2cc(Cl)c(Cl)c(Cl)c2)C(F)(F)F)cc1Cl. The molecule has 2 N–H and O–H groups in total. The first-order chi connectivity index (χ1) is 17.5. The third-order valence-corrected chi connectivity index (χ3v) is 7.39. The first-order valence-electron chi connectivity index (χ1n) is 10.9. The molecule has 0 saturated heterocycles. The lowest BCUT2D eigenvalue weighted by molar-refractivity contribution is -0.144. The van der Waals surface area contributed by atoms with Crippen LogP contribution in [0, 0.1) is 0 Å². The summed E-state index contributed by atoms with van der Waals surface area (Å²) in [5.74, 6) is -3.87. The van der Waals surface area contributed by atoms with Gasteiger partial charge in [0.15, 0.2) is 0 Å². The summed E-state index contributed by atoms with van der Waals surface area (Å²) in [6, 6.07) is 5.90. The molecule has 4 nitrogen and oxygen atoms in total. The summed E-state index contributed by atoms with van der Waals surface area (Å²) in [5, 5.41) is 3.70. The highest BCUT2D eigenvalue weighted by atomic mass is 35.5. The summed E-state index contributed by atoms with van der Waals surface area (Å²) in [5.41, 5.74) is -1.65. The fourth-order valence-electron chi connectivity index (χ4n) is 3.76. The molecule has 2 aromatic rings. The molecule has 0 radical (unpaired) electrons. The van der Waals surface area contributed by atoms with Crippen LogP contribution in [0.25, 0.3) is 6.08 Å². The number of hydrogen-bond donors (Lipinski definition) is 2. The molecule has 0 bridgehead atoms. The van der Waals surface area contributed by atoms with Crippen LogP contribution in [0.5, 0.6) is 0 Å². The molecule has 0 aliphatic heterocycles. The zero-order valence-corrected chi connectivity index (χ0v) is 22.1. The van der Waals surface area contributed by atoms with E-state index in [1.54, 1.807) is 5.32 Å². The smallest absolute Gasteiger partial charge is 0.345 e. The van der Waals surface area contributed by atoms with Crippen LogP contribution in [0.4, 0.5) is 26.3 Å². The zero-order chi connectivity index (χ0) is 28.5.